The fraction of sp³-hybridized carbons (Fsp3) is 0.753. The van der Waals surface area contributed by atoms with E-state index in [4.69, 9.17) is 37.0 Å². The van der Waals surface area contributed by atoms with Crippen molar-refractivity contribution in [2.75, 3.05) is 39.6 Å². The Morgan fingerprint density at radius 1 is 0.280 bits per heavy atom. The van der Waals surface area contributed by atoms with E-state index in [0.29, 0.717) is 25.7 Å². The van der Waals surface area contributed by atoms with Gasteiger partial charge in [-0.15, -0.1) is 0 Å². The molecule has 0 fully saturated rings. The molecule has 0 bridgehead atoms. The molecule has 4 atom stereocenters. The Balaban J connectivity index is 5.41. The third-order valence-electron chi connectivity index (χ3n) is 16.5. The molecular weight excluding hydrogens is 1310 g/mol. The molecule has 0 aliphatic carbocycles. The molecule has 19 heteroatoms. The Morgan fingerprint density at radius 2 is 0.490 bits per heavy atom. The van der Waals surface area contributed by atoms with Crippen LogP contribution in [0.3, 0.4) is 0 Å². The van der Waals surface area contributed by atoms with Crippen molar-refractivity contribution in [2.24, 2.45) is 0 Å². The van der Waals surface area contributed by atoms with E-state index in [1.54, 1.807) is 0 Å². The van der Waals surface area contributed by atoms with Gasteiger partial charge >= 0.3 is 39.5 Å². The number of aliphatic hydroxyl groups is 1. The highest BCUT2D eigenvalue weighted by Gasteiger charge is 2.30. The van der Waals surface area contributed by atoms with Crippen LogP contribution in [0.2, 0.25) is 0 Å². The van der Waals surface area contributed by atoms with Crippen molar-refractivity contribution in [3.63, 3.8) is 0 Å². The van der Waals surface area contributed by atoms with Crippen LogP contribution in [0.5, 0.6) is 0 Å². The first-order valence-corrected chi connectivity index (χ1v) is 42.5. The van der Waals surface area contributed by atoms with Crippen molar-refractivity contribution in [3.05, 3.63) is 97.2 Å². The third-order valence-corrected chi connectivity index (χ3v) is 18.4. The van der Waals surface area contributed by atoms with E-state index in [0.717, 1.165) is 154 Å². The zero-order valence-corrected chi connectivity index (χ0v) is 64.9. The number of carbonyl (C=O) groups excluding carboxylic acids is 4. The lowest BCUT2D eigenvalue weighted by Gasteiger charge is -2.21. The number of carbonyl (C=O) groups is 4. The molecule has 17 nitrogen and oxygen atoms in total. The second-order valence-corrected chi connectivity index (χ2v) is 29.2. The zero-order chi connectivity index (χ0) is 73.2. The molecule has 0 aliphatic rings. The minimum Gasteiger partial charge on any atom is -0.462 e. The summed E-state index contributed by atoms with van der Waals surface area (Å²) in [6, 6.07) is 0. The molecule has 3 N–H and O–H groups in total. The number of ether oxygens (including phenoxy) is 4. The lowest BCUT2D eigenvalue weighted by Crippen LogP contribution is -2.30. The van der Waals surface area contributed by atoms with Crippen LogP contribution in [0.1, 0.15) is 336 Å². The van der Waals surface area contributed by atoms with Crippen LogP contribution in [0.4, 0.5) is 0 Å². The summed E-state index contributed by atoms with van der Waals surface area (Å²) in [4.78, 5) is 72.9. The van der Waals surface area contributed by atoms with Crippen molar-refractivity contribution in [1.29, 1.82) is 0 Å². The van der Waals surface area contributed by atoms with Crippen LogP contribution in [0.15, 0.2) is 97.2 Å². The molecule has 578 valence electrons. The number of phosphoric acid groups is 2. The minimum atomic E-state index is -4.99. The van der Waals surface area contributed by atoms with Crippen LogP contribution >= 0.6 is 15.6 Å². The van der Waals surface area contributed by atoms with E-state index < -0.39 is 97.5 Å². The Labute approximate surface area is 607 Å². The fourth-order valence-corrected chi connectivity index (χ4v) is 12.0. The molecule has 0 aromatic carbocycles. The molecule has 0 heterocycles. The number of aliphatic hydroxyl groups excluding tert-OH is 1. The predicted octanol–water partition coefficient (Wildman–Crippen LogP) is 22.8. The maximum Gasteiger partial charge on any atom is 0.472 e. The second kappa shape index (κ2) is 73.3. The number of esters is 4. The quantitative estimate of drug-likeness (QED) is 0.0169. The van der Waals surface area contributed by atoms with Crippen molar-refractivity contribution in [2.45, 2.75) is 354 Å². The predicted molar refractivity (Wildman–Crippen MR) is 409 cm³/mol. The summed E-state index contributed by atoms with van der Waals surface area (Å²) in [5.41, 5.74) is 0. The highest BCUT2D eigenvalue weighted by molar-refractivity contribution is 7.47. The van der Waals surface area contributed by atoms with Gasteiger partial charge in [-0.25, -0.2) is 9.13 Å². The van der Waals surface area contributed by atoms with Gasteiger partial charge in [0.15, 0.2) is 12.2 Å². The average Bonchev–Trinajstić information content (AvgIpc) is 1.01. The number of allylic oxidation sites excluding steroid dienone is 16. The van der Waals surface area contributed by atoms with Crippen LogP contribution < -0.4 is 0 Å². The van der Waals surface area contributed by atoms with E-state index >= 15 is 0 Å². The Bertz CT molecular complexity index is 2120. The average molecular weight is 1450 g/mol. The summed E-state index contributed by atoms with van der Waals surface area (Å²) in [6.45, 7) is 4.75. The number of unbranched alkanes of at least 4 members (excludes halogenated alkanes) is 32. The molecule has 100 heavy (non-hydrogen) atoms. The van der Waals surface area contributed by atoms with E-state index in [1.807, 2.05) is 0 Å². The molecule has 0 saturated carbocycles. The smallest absolute Gasteiger partial charge is 0.462 e. The zero-order valence-electron chi connectivity index (χ0n) is 63.1. The maximum absolute atomic E-state index is 13.1. The van der Waals surface area contributed by atoms with Gasteiger partial charge < -0.3 is 33.8 Å². The van der Waals surface area contributed by atoms with E-state index in [2.05, 4.69) is 125 Å². The molecule has 0 amide bonds. The summed E-state index contributed by atoms with van der Waals surface area (Å²) in [5.74, 6) is -2.24. The first-order valence-electron chi connectivity index (χ1n) is 39.5. The summed E-state index contributed by atoms with van der Waals surface area (Å²) < 4.78 is 68.5. The highest BCUT2D eigenvalue weighted by Crippen LogP contribution is 2.45. The first-order chi connectivity index (χ1) is 48.7. The lowest BCUT2D eigenvalue weighted by atomic mass is 10.1. The lowest BCUT2D eigenvalue weighted by molar-refractivity contribution is -0.161. The van der Waals surface area contributed by atoms with Crippen molar-refractivity contribution >= 4 is 39.5 Å². The van der Waals surface area contributed by atoms with Crippen LogP contribution in [-0.2, 0) is 65.4 Å². The van der Waals surface area contributed by atoms with E-state index in [-0.39, 0.29) is 25.7 Å². The molecule has 0 spiro atoms. The SMILES string of the molecule is CCCCCC/C=C/C/C=C/CCCCCCC(=O)OCC(COP(=O)(O)OCC(O)COP(=O)(O)OCC(COC(=O)CCCCCC/C=C/C/C=C/CCCCCC)OC(=O)CCCCCC/C=C/C/C=C/CCCCCC)OC(=O)CCCCCC/C=C/C/C=C/CCCCCC. The van der Waals surface area contributed by atoms with Crippen LogP contribution in [0.25, 0.3) is 0 Å². The molecule has 0 aliphatic heterocycles. The van der Waals surface area contributed by atoms with Gasteiger partial charge in [0.1, 0.15) is 19.3 Å². The molecule has 0 saturated heterocycles. The van der Waals surface area contributed by atoms with Gasteiger partial charge in [-0.1, -0.05) is 253 Å². The van der Waals surface area contributed by atoms with E-state index in [1.165, 1.54) is 103 Å². The third kappa shape index (κ3) is 72.3. The van der Waals surface area contributed by atoms with Crippen molar-refractivity contribution in [1.82, 2.24) is 0 Å². The highest BCUT2D eigenvalue weighted by atomic mass is 31.2. The van der Waals surface area contributed by atoms with Crippen molar-refractivity contribution < 1.29 is 80.2 Å². The van der Waals surface area contributed by atoms with E-state index in [9.17, 15) is 43.2 Å². The van der Waals surface area contributed by atoms with Crippen LogP contribution in [-0.4, -0.2) is 96.7 Å². The van der Waals surface area contributed by atoms with Gasteiger partial charge in [0.05, 0.1) is 26.4 Å². The standard InChI is InChI=1S/C81H142O17P2/c1-5-9-13-17-21-25-29-33-37-41-45-49-53-57-61-65-78(83)91-71-76(97-80(85)67-63-59-55-51-47-43-39-35-31-27-23-19-15-11-7-3)73-95-99(87,88)93-69-75(82)70-94-100(89,90)96-74-77(98-81(86)68-64-60-56-52-48-44-40-36-32-28-24-20-16-12-8-4)72-92-79(84)66-62-58-54-50-46-42-38-34-30-26-22-18-14-10-6-2/h25-32,37-44,75-77,82H,5-24,33-36,45-74H2,1-4H3,(H,87,88)(H,89,90)/b29-25+,30-26+,31-27+,32-28+,41-37+,42-38+,43-39+,44-40+. The maximum atomic E-state index is 13.1. The number of hydrogen-bond acceptors (Lipinski definition) is 15. The normalized spacial score (nSPS) is 14.4. The van der Waals surface area contributed by atoms with Gasteiger partial charge in [-0.2, -0.15) is 0 Å². The largest absolute Gasteiger partial charge is 0.472 e. The molecular formula is C81H142O17P2. The summed E-state index contributed by atoms with van der Waals surface area (Å²) in [6.07, 6.45) is 76.7. The summed E-state index contributed by atoms with van der Waals surface area (Å²) >= 11 is 0. The fourth-order valence-electron chi connectivity index (χ4n) is 10.4. The first kappa shape index (κ1) is 96.0. The van der Waals surface area contributed by atoms with Gasteiger partial charge in [-0.3, -0.25) is 37.3 Å². The van der Waals surface area contributed by atoms with Gasteiger partial charge in [0, 0.05) is 25.7 Å². The summed E-state index contributed by atoms with van der Waals surface area (Å²) in [5, 5.41) is 10.6. The Morgan fingerprint density at radius 3 is 0.730 bits per heavy atom. The molecule has 0 radical (unpaired) electrons. The minimum absolute atomic E-state index is 0.0688. The monoisotopic (exact) mass is 1450 g/mol. The topological polar surface area (TPSA) is 237 Å². The summed E-state index contributed by atoms with van der Waals surface area (Å²) in [7, 11) is -9.97. The molecule has 4 unspecified atom stereocenters. The van der Waals surface area contributed by atoms with Gasteiger partial charge in [0.2, 0.25) is 0 Å². The number of hydrogen-bond donors (Lipinski definition) is 3. The van der Waals surface area contributed by atoms with Gasteiger partial charge in [-0.05, 0) is 154 Å². The van der Waals surface area contributed by atoms with Crippen LogP contribution in [0, 0.1) is 0 Å². The molecule has 0 aromatic rings. The number of rotatable bonds is 74. The second-order valence-electron chi connectivity index (χ2n) is 26.3. The number of phosphoric ester groups is 2. The van der Waals surface area contributed by atoms with Crippen molar-refractivity contribution in [3.8, 4) is 0 Å². The van der Waals surface area contributed by atoms with Gasteiger partial charge in [0.25, 0.3) is 0 Å². The molecule has 0 rings (SSSR count). The Kier molecular flexibility index (Phi) is 70.4. The Hall–Kier alpha value is -4.02. The molecule has 0 aromatic heterocycles.